The molecule has 0 spiro atoms. The summed E-state index contributed by atoms with van der Waals surface area (Å²) in [5.74, 6) is 0.495. The van der Waals surface area contributed by atoms with Crippen LogP contribution in [0, 0.1) is 19.8 Å². The summed E-state index contributed by atoms with van der Waals surface area (Å²) < 4.78 is 2.01. The number of hydrogen-bond acceptors (Lipinski definition) is 3. The Morgan fingerprint density at radius 3 is 2.90 bits per heavy atom. The molecule has 0 saturated carbocycles. The molecule has 0 fully saturated rings. The third kappa shape index (κ3) is 5.01. The zero-order valence-electron chi connectivity index (χ0n) is 12.9. The van der Waals surface area contributed by atoms with Crippen LogP contribution < -0.4 is 5.32 Å². The van der Waals surface area contributed by atoms with Crippen molar-refractivity contribution in [2.24, 2.45) is 5.92 Å². The van der Waals surface area contributed by atoms with Gasteiger partial charge >= 0.3 is 0 Å². The SMILES string of the molecule is Cc1cc(C)n(C[C@H](C)CNC(=O)CCc2ccsc2)n1. The number of thiophene rings is 1. The minimum Gasteiger partial charge on any atom is -0.356 e. The lowest BCUT2D eigenvalue weighted by Gasteiger charge is -2.14. The Kier molecular flexibility index (Phi) is 5.56. The van der Waals surface area contributed by atoms with Crippen LogP contribution in [-0.2, 0) is 17.8 Å². The number of nitrogens with one attached hydrogen (secondary N) is 1. The highest BCUT2D eigenvalue weighted by atomic mass is 32.1. The van der Waals surface area contributed by atoms with Crippen molar-refractivity contribution in [3.05, 3.63) is 39.8 Å². The molecular formula is C16H23N3OS. The van der Waals surface area contributed by atoms with Crippen molar-refractivity contribution in [2.75, 3.05) is 6.54 Å². The molecule has 114 valence electrons. The molecule has 0 bridgehead atoms. The molecule has 4 nitrogen and oxygen atoms in total. The van der Waals surface area contributed by atoms with Gasteiger partial charge in [0.15, 0.2) is 0 Å². The molecule has 2 rings (SSSR count). The highest BCUT2D eigenvalue weighted by Gasteiger charge is 2.09. The van der Waals surface area contributed by atoms with Crippen molar-refractivity contribution in [3.63, 3.8) is 0 Å². The first-order valence-corrected chi connectivity index (χ1v) is 8.27. The Balaban J connectivity index is 1.69. The van der Waals surface area contributed by atoms with E-state index in [9.17, 15) is 4.79 Å². The van der Waals surface area contributed by atoms with E-state index in [4.69, 9.17) is 0 Å². The quantitative estimate of drug-likeness (QED) is 0.855. The zero-order chi connectivity index (χ0) is 15.2. The van der Waals surface area contributed by atoms with Gasteiger partial charge in [-0.2, -0.15) is 16.4 Å². The first-order valence-electron chi connectivity index (χ1n) is 7.33. The second-order valence-corrected chi connectivity index (χ2v) is 6.43. The second-order valence-electron chi connectivity index (χ2n) is 5.65. The maximum Gasteiger partial charge on any atom is 0.220 e. The van der Waals surface area contributed by atoms with E-state index in [1.54, 1.807) is 11.3 Å². The normalized spacial score (nSPS) is 12.3. The van der Waals surface area contributed by atoms with Crippen LogP contribution in [0.4, 0.5) is 0 Å². The van der Waals surface area contributed by atoms with Crippen molar-refractivity contribution >= 4 is 17.2 Å². The van der Waals surface area contributed by atoms with Gasteiger partial charge in [-0.25, -0.2) is 0 Å². The standard InChI is InChI=1S/C16H23N3OS/c1-12(10-19-14(3)8-13(2)18-19)9-17-16(20)5-4-15-6-7-21-11-15/h6-8,11-12H,4-5,9-10H2,1-3H3,(H,17,20)/t12-/m1/s1. The Morgan fingerprint density at radius 2 is 2.29 bits per heavy atom. The van der Waals surface area contributed by atoms with Crippen molar-refractivity contribution in [2.45, 2.75) is 40.2 Å². The number of carbonyl (C=O) groups excluding carboxylic acids is 1. The van der Waals surface area contributed by atoms with Crippen molar-refractivity contribution < 1.29 is 4.79 Å². The van der Waals surface area contributed by atoms with Crippen LogP contribution in [0.1, 0.15) is 30.3 Å². The fraction of sp³-hybridized carbons (Fsp3) is 0.500. The number of carbonyl (C=O) groups is 1. The van der Waals surface area contributed by atoms with Crippen LogP contribution in [0.2, 0.25) is 0 Å². The summed E-state index contributed by atoms with van der Waals surface area (Å²) in [7, 11) is 0. The average molecular weight is 305 g/mol. The Labute approximate surface area is 130 Å². The Hall–Kier alpha value is -1.62. The molecular weight excluding hydrogens is 282 g/mol. The van der Waals surface area contributed by atoms with Crippen molar-refractivity contribution in [1.82, 2.24) is 15.1 Å². The maximum absolute atomic E-state index is 11.8. The van der Waals surface area contributed by atoms with Crippen LogP contribution in [0.15, 0.2) is 22.9 Å². The van der Waals surface area contributed by atoms with Gasteiger partial charge in [0.2, 0.25) is 5.91 Å². The van der Waals surface area contributed by atoms with E-state index in [-0.39, 0.29) is 5.91 Å². The molecule has 1 atom stereocenters. The molecule has 0 radical (unpaired) electrons. The molecule has 2 aromatic heterocycles. The molecule has 1 N–H and O–H groups in total. The molecule has 2 aromatic rings. The first-order chi connectivity index (χ1) is 10.0. The number of amides is 1. The zero-order valence-corrected chi connectivity index (χ0v) is 13.7. The van der Waals surface area contributed by atoms with Crippen LogP contribution in [-0.4, -0.2) is 22.2 Å². The number of aryl methyl sites for hydroxylation is 3. The van der Waals surface area contributed by atoms with Gasteiger partial charge in [-0.1, -0.05) is 6.92 Å². The van der Waals surface area contributed by atoms with E-state index in [1.807, 2.05) is 17.0 Å². The number of rotatable bonds is 7. The lowest BCUT2D eigenvalue weighted by molar-refractivity contribution is -0.121. The molecule has 5 heteroatoms. The van der Waals surface area contributed by atoms with E-state index in [0.717, 1.165) is 18.7 Å². The lowest BCUT2D eigenvalue weighted by atomic mass is 10.1. The minimum absolute atomic E-state index is 0.126. The monoisotopic (exact) mass is 305 g/mol. The van der Waals surface area contributed by atoms with Crippen LogP contribution in [0.25, 0.3) is 0 Å². The highest BCUT2D eigenvalue weighted by Crippen LogP contribution is 2.09. The Morgan fingerprint density at radius 1 is 1.48 bits per heavy atom. The number of aromatic nitrogens is 2. The average Bonchev–Trinajstić information content (AvgIpc) is 3.04. The summed E-state index contributed by atoms with van der Waals surface area (Å²) in [6.07, 6.45) is 1.38. The van der Waals surface area contributed by atoms with E-state index in [1.165, 1.54) is 11.3 Å². The van der Waals surface area contributed by atoms with Gasteiger partial charge in [0.25, 0.3) is 0 Å². The third-order valence-corrected chi connectivity index (χ3v) is 4.19. The molecule has 0 aliphatic rings. The predicted molar refractivity (Wildman–Crippen MR) is 86.5 cm³/mol. The molecule has 0 unspecified atom stereocenters. The highest BCUT2D eigenvalue weighted by molar-refractivity contribution is 7.07. The fourth-order valence-corrected chi connectivity index (χ4v) is 2.99. The summed E-state index contributed by atoms with van der Waals surface area (Å²) in [4.78, 5) is 11.8. The van der Waals surface area contributed by atoms with Gasteiger partial charge in [-0.15, -0.1) is 0 Å². The minimum atomic E-state index is 0.126. The van der Waals surface area contributed by atoms with E-state index >= 15 is 0 Å². The topological polar surface area (TPSA) is 46.9 Å². The van der Waals surface area contributed by atoms with Crippen LogP contribution in [0.3, 0.4) is 0 Å². The van der Waals surface area contributed by atoms with Crippen LogP contribution >= 0.6 is 11.3 Å². The third-order valence-electron chi connectivity index (χ3n) is 3.46. The van der Waals surface area contributed by atoms with E-state index in [0.29, 0.717) is 18.9 Å². The largest absolute Gasteiger partial charge is 0.356 e. The summed E-state index contributed by atoms with van der Waals surface area (Å²) in [5.41, 5.74) is 3.45. The van der Waals surface area contributed by atoms with Gasteiger partial charge in [0.05, 0.1) is 5.69 Å². The molecule has 1 amide bonds. The van der Waals surface area contributed by atoms with Gasteiger partial charge in [-0.05, 0) is 54.6 Å². The smallest absolute Gasteiger partial charge is 0.220 e. The molecule has 0 saturated heterocycles. The van der Waals surface area contributed by atoms with Gasteiger partial charge in [0.1, 0.15) is 0 Å². The fourth-order valence-electron chi connectivity index (χ4n) is 2.29. The van der Waals surface area contributed by atoms with E-state index < -0.39 is 0 Å². The number of hydrogen-bond donors (Lipinski definition) is 1. The predicted octanol–water partition coefficient (Wildman–Crippen LogP) is 2.95. The second kappa shape index (κ2) is 7.41. The molecule has 2 heterocycles. The molecule has 0 aromatic carbocycles. The Bertz CT molecular complexity index is 574. The van der Waals surface area contributed by atoms with Crippen molar-refractivity contribution in [3.8, 4) is 0 Å². The maximum atomic E-state index is 11.8. The van der Waals surface area contributed by atoms with Crippen LogP contribution in [0.5, 0.6) is 0 Å². The lowest BCUT2D eigenvalue weighted by Crippen LogP contribution is -2.30. The van der Waals surface area contributed by atoms with Crippen molar-refractivity contribution in [1.29, 1.82) is 0 Å². The number of nitrogens with zero attached hydrogens (tertiary/aromatic N) is 2. The summed E-state index contributed by atoms with van der Waals surface area (Å²) in [6.45, 7) is 7.73. The van der Waals surface area contributed by atoms with E-state index in [2.05, 4.69) is 41.8 Å². The van der Waals surface area contributed by atoms with Gasteiger partial charge in [-0.3, -0.25) is 9.48 Å². The summed E-state index contributed by atoms with van der Waals surface area (Å²) in [6, 6.07) is 4.15. The van der Waals surface area contributed by atoms with Gasteiger partial charge < -0.3 is 5.32 Å². The summed E-state index contributed by atoms with van der Waals surface area (Å²) >= 11 is 1.67. The van der Waals surface area contributed by atoms with Gasteiger partial charge in [0, 0.05) is 25.2 Å². The first kappa shape index (κ1) is 15.8. The molecule has 21 heavy (non-hydrogen) atoms. The molecule has 0 aliphatic carbocycles. The summed E-state index contributed by atoms with van der Waals surface area (Å²) in [5, 5.41) is 11.6. The molecule has 0 aliphatic heterocycles.